The van der Waals surface area contributed by atoms with E-state index in [1.165, 1.54) is 12.8 Å². The van der Waals surface area contributed by atoms with Crippen LogP contribution >= 0.6 is 23.2 Å². The highest BCUT2D eigenvalue weighted by Gasteiger charge is 2.43. The van der Waals surface area contributed by atoms with Gasteiger partial charge in [-0.1, -0.05) is 49.2 Å². The minimum atomic E-state index is -0.0376. The molecular weight excluding hydrogens is 305 g/mol. The topological polar surface area (TPSA) is 21.3 Å². The van der Waals surface area contributed by atoms with E-state index < -0.39 is 0 Å². The Hall–Kier alpha value is -0.280. The predicted octanol–water partition coefficient (Wildman–Crippen LogP) is 4.99. The van der Waals surface area contributed by atoms with Crippen LogP contribution in [-0.2, 0) is 4.74 Å². The highest BCUT2D eigenvalue weighted by molar-refractivity contribution is 6.42. The minimum absolute atomic E-state index is 0.00818. The molecule has 2 nitrogen and oxygen atoms in total. The molecule has 0 aromatic heterocycles. The Labute approximate surface area is 137 Å². The number of rotatable bonds is 1. The van der Waals surface area contributed by atoms with Gasteiger partial charge in [0.25, 0.3) is 0 Å². The summed E-state index contributed by atoms with van der Waals surface area (Å²) in [5, 5.41) is 4.76. The zero-order chi connectivity index (χ0) is 15.1. The molecular formula is C17H23Cl2NO. The lowest BCUT2D eigenvalue weighted by atomic mass is 9.70. The largest absolute Gasteiger partial charge is 0.364 e. The zero-order valence-corrected chi connectivity index (χ0v) is 14.2. The van der Waals surface area contributed by atoms with Crippen LogP contribution in [0, 0.1) is 5.41 Å². The number of hydrogen-bond acceptors (Lipinski definition) is 2. The van der Waals surface area contributed by atoms with Gasteiger partial charge in [-0.2, -0.15) is 0 Å². The van der Waals surface area contributed by atoms with Gasteiger partial charge in [0, 0.05) is 18.7 Å². The van der Waals surface area contributed by atoms with Crippen molar-refractivity contribution in [3.8, 4) is 0 Å². The number of hydrogen-bond donors (Lipinski definition) is 1. The van der Waals surface area contributed by atoms with Crippen molar-refractivity contribution in [2.75, 3.05) is 13.1 Å². The van der Waals surface area contributed by atoms with Gasteiger partial charge in [0.2, 0.25) is 0 Å². The van der Waals surface area contributed by atoms with Gasteiger partial charge in [0.1, 0.15) is 0 Å². The first-order chi connectivity index (χ1) is 9.91. The number of benzene rings is 1. The van der Waals surface area contributed by atoms with E-state index in [0.717, 1.165) is 31.5 Å². The fraction of sp³-hybridized carbons (Fsp3) is 0.647. The number of ether oxygens (including phenoxy) is 1. The summed E-state index contributed by atoms with van der Waals surface area (Å²) in [6.45, 7) is 6.44. The second-order valence-electron chi connectivity index (χ2n) is 7.23. The summed E-state index contributed by atoms with van der Waals surface area (Å²) in [7, 11) is 0. The Morgan fingerprint density at radius 2 is 1.86 bits per heavy atom. The lowest BCUT2D eigenvalue weighted by molar-refractivity contribution is -0.147. The third-order valence-electron chi connectivity index (χ3n) is 5.01. The van der Waals surface area contributed by atoms with Gasteiger partial charge >= 0.3 is 0 Å². The first-order valence-corrected chi connectivity index (χ1v) is 8.49. The van der Waals surface area contributed by atoms with Crippen LogP contribution in [0.3, 0.4) is 0 Å². The van der Waals surface area contributed by atoms with Crippen LogP contribution in [0.4, 0.5) is 0 Å². The molecule has 1 aromatic rings. The van der Waals surface area contributed by atoms with Crippen molar-refractivity contribution in [3.05, 3.63) is 33.8 Å². The van der Waals surface area contributed by atoms with Crippen LogP contribution in [0.2, 0.25) is 10.0 Å². The Kier molecular flexibility index (Phi) is 4.26. The average molecular weight is 328 g/mol. The monoisotopic (exact) mass is 327 g/mol. The van der Waals surface area contributed by atoms with E-state index in [-0.39, 0.29) is 11.7 Å². The SMILES string of the molecule is CC1(C)CCC2(CC1)CNCC(c1cccc(Cl)c1Cl)O2. The molecule has 0 bridgehead atoms. The molecule has 21 heavy (non-hydrogen) atoms. The van der Waals surface area contributed by atoms with Crippen molar-refractivity contribution in [2.45, 2.75) is 51.2 Å². The molecule has 2 aliphatic rings. The van der Waals surface area contributed by atoms with E-state index in [9.17, 15) is 0 Å². The summed E-state index contributed by atoms with van der Waals surface area (Å²) >= 11 is 12.5. The van der Waals surface area contributed by atoms with Crippen molar-refractivity contribution < 1.29 is 4.74 Å². The van der Waals surface area contributed by atoms with Gasteiger partial charge in [0.05, 0.1) is 21.8 Å². The zero-order valence-electron chi connectivity index (χ0n) is 12.7. The summed E-state index contributed by atoms with van der Waals surface area (Å²) in [5.74, 6) is 0. The van der Waals surface area contributed by atoms with Gasteiger partial charge < -0.3 is 10.1 Å². The number of halogens is 2. The highest BCUT2D eigenvalue weighted by Crippen LogP contribution is 2.45. The lowest BCUT2D eigenvalue weighted by Gasteiger charge is -2.48. The third kappa shape index (κ3) is 3.24. The van der Waals surface area contributed by atoms with Gasteiger partial charge in [-0.25, -0.2) is 0 Å². The van der Waals surface area contributed by atoms with Crippen molar-refractivity contribution in [1.29, 1.82) is 0 Å². The quantitative estimate of drug-likeness (QED) is 0.784. The number of morpholine rings is 1. The Morgan fingerprint density at radius 3 is 2.57 bits per heavy atom. The molecule has 1 N–H and O–H groups in total. The molecule has 1 aliphatic carbocycles. The Bertz CT molecular complexity index is 520. The molecule has 0 amide bonds. The van der Waals surface area contributed by atoms with Crippen molar-refractivity contribution in [3.63, 3.8) is 0 Å². The maximum Gasteiger partial charge on any atom is 0.0972 e. The van der Waals surface area contributed by atoms with Crippen LogP contribution in [0.1, 0.15) is 51.2 Å². The van der Waals surface area contributed by atoms with Crippen molar-refractivity contribution >= 4 is 23.2 Å². The normalized spacial score (nSPS) is 27.7. The van der Waals surface area contributed by atoms with Gasteiger partial charge in [0.15, 0.2) is 0 Å². The van der Waals surface area contributed by atoms with Crippen LogP contribution < -0.4 is 5.32 Å². The minimum Gasteiger partial charge on any atom is -0.364 e. The highest BCUT2D eigenvalue weighted by atomic mass is 35.5. The maximum absolute atomic E-state index is 6.52. The van der Waals surface area contributed by atoms with Crippen molar-refractivity contribution in [2.24, 2.45) is 5.41 Å². The predicted molar refractivity (Wildman–Crippen MR) is 88.1 cm³/mol. The molecule has 0 radical (unpaired) electrons. The molecule has 1 heterocycles. The van der Waals surface area contributed by atoms with E-state index in [0.29, 0.717) is 15.5 Å². The summed E-state index contributed by atoms with van der Waals surface area (Å²) in [6, 6.07) is 5.78. The molecule has 1 unspecified atom stereocenters. The van der Waals surface area contributed by atoms with Gasteiger partial charge in [-0.05, 0) is 37.2 Å². The molecule has 2 fully saturated rings. The fourth-order valence-electron chi connectivity index (χ4n) is 3.44. The van der Waals surface area contributed by atoms with Crippen LogP contribution in [0.15, 0.2) is 18.2 Å². The van der Waals surface area contributed by atoms with Crippen molar-refractivity contribution in [1.82, 2.24) is 5.32 Å². The summed E-state index contributed by atoms with van der Waals surface area (Å²) in [6.07, 6.45) is 4.64. The Balaban J connectivity index is 1.79. The lowest BCUT2D eigenvalue weighted by Crippen LogP contribution is -2.53. The smallest absolute Gasteiger partial charge is 0.0972 e. The first-order valence-electron chi connectivity index (χ1n) is 7.73. The molecule has 1 saturated carbocycles. The van der Waals surface area contributed by atoms with Crippen LogP contribution in [0.5, 0.6) is 0 Å². The van der Waals surface area contributed by atoms with E-state index in [4.69, 9.17) is 27.9 Å². The molecule has 1 spiro atoms. The molecule has 1 saturated heterocycles. The molecule has 3 rings (SSSR count). The summed E-state index contributed by atoms with van der Waals surface area (Å²) < 4.78 is 6.52. The van der Waals surface area contributed by atoms with Crippen LogP contribution in [-0.4, -0.2) is 18.7 Å². The summed E-state index contributed by atoms with van der Waals surface area (Å²) in [4.78, 5) is 0. The fourth-order valence-corrected chi connectivity index (χ4v) is 3.87. The second-order valence-corrected chi connectivity index (χ2v) is 8.01. The first kappa shape index (κ1) is 15.6. The van der Waals surface area contributed by atoms with E-state index >= 15 is 0 Å². The van der Waals surface area contributed by atoms with E-state index in [1.807, 2.05) is 18.2 Å². The van der Waals surface area contributed by atoms with E-state index in [2.05, 4.69) is 19.2 Å². The molecule has 1 atom stereocenters. The van der Waals surface area contributed by atoms with Crippen LogP contribution in [0.25, 0.3) is 0 Å². The molecule has 4 heteroatoms. The summed E-state index contributed by atoms with van der Waals surface area (Å²) in [5.41, 5.74) is 1.40. The second kappa shape index (κ2) is 5.73. The van der Waals surface area contributed by atoms with Gasteiger partial charge in [-0.3, -0.25) is 0 Å². The van der Waals surface area contributed by atoms with E-state index in [1.54, 1.807) is 0 Å². The number of nitrogens with one attached hydrogen (secondary N) is 1. The Morgan fingerprint density at radius 1 is 1.14 bits per heavy atom. The maximum atomic E-state index is 6.52. The molecule has 116 valence electrons. The average Bonchev–Trinajstić information content (AvgIpc) is 2.46. The molecule has 1 aromatic carbocycles. The third-order valence-corrected chi connectivity index (χ3v) is 5.85. The standard InChI is InChI=1S/C17H23Cl2NO/c1-16(2)6-8-17(9-7-16)11-20-10-14(21-17)12-4-3-5-13(18)15(12)19/h3-5,14,20H,6-11H2,1-2H3. The molecule has 1 aliphatic heterocycles. The van der Waals surface area contributed by atoms with Gasteiger partial charge in [-0.15, -0.1) is 0 Å².